The molecule has 1 fully saturated rings. The van der Waals surface area contributed by atoms with Crippen LogP contribution in [0.3, 0.4) is 0 Å². The van der Waals surface area contributed by atoms with Crippen LogP contribution in [0.25, 0.3) is 21.5 Å². The Kier molecular flexibility index (Phi) is 4.30. The van der Waals surface area contributed by atoms with Gasteiger partial charge in [0.1, 0.15) is 18.2 Å². The van der Waals surface area contributed by atoms with Crippen molar-refractivity contribution >= 4 is 27.4 Å². The number of hydrogen-bond acceptors (Lipinski definition) is 8. The van der Waals surface area contributed by atoms with Gasteiger partial charge in [0.05, 0.1) is 35.2 Å². The Hall–Kier alpha value is -3.17. The molecule has 0 aromatic carbocycles. The fourth-order valence-electron chi connectivity index (χ4n) is 3.32. The van der Waals surface area contributed by atoms with Gasteiger partial charge in [-0.15, -0.1) is 11.3 Å². The SMILES string of the molecule is O=c1ccc(-c2cccnc2)nn1C1COCC1Nc1ncnc2ccsc12. The predicted octanol–water partition coefficient (Wildman–Crippen LogP) is 2.36. The van der Waals surface area contributed by atoms with Gasteiger partial charge in [-0.3, -0.25) is 9.78 Å². The summed E-state index contributed by atoms with van der Waals surface area (Å²) in [5.41, 5.74) is 2.28. The molecule has 1 aliphatic rings. The summed E-state index contributed by atoms with van der Waals surface area (Å²) < 4.78 is 8.16. The van der Waals surface area contributed by atoms with Crippen LogP contribution in [0.1, 0.15) is 6.04 Å². The summed E-state index contributed by atoms with van der Waals surface area (Å²) in [6.07, 6.45) is 4.97. The third kappa shape index (κ3) is 3.04. The zero-order chi connectivity index (χ0) is 18.9. The molecule has 4 aromatic rings. The van der Waals surface area contributed by atoms with E-state index in [4.69, 9.17) is 4.74 Å². The largest absolute Gasteiger partial charge is 0.377 e. The number of ether oxygens (including phenoxy) is 1. The summed E-state index contributed by atoms with van der Waals surface area (Å²) in [4.78, 5) is 25.3. The molecule has 4 aromatic heterocycles. The van der Waals surface area contributed by atoms with E-state index in [0.717, 1.165) is 21.6 Å². The van der Waals surface area contributed by atoms with Gasteiger partial charge in [0.2, 0.25) is 0 Å². The molecule has 0 bridgehead atoms. The van der Waals surface area contributed by atoms with E-state index < -0.39 is 0 Å². The smallest absolute Gasteiger partial charge is 0.267 e. The molecule has 5 rings (SSSR count). The van der Waals surface area contributed by atoms with Crippen LogP contribution in [0.5, 0.6) is 0 Å². The lowest BCUT2D eigenvalue weighted by Crippen LogP contribution is -2.37. The fraction of sp³-hybridized carbons (Fsp3) is 0.211. The van der Waals surface area contributed by atoms with Crippen molar-refractivity contribution in [2.45, 2.75) is 12.1 Å². The molecule has 0 spiro atoms. The average molecular weight is 392 g/mol. The monoisotopic (exact) mass is 392 g/mol. The van der Waals surface area contributed by atoms with Gasteiger partial charge in [-0.25, -0.2) is 14.6 Å². The van der Waals surface area contributed by atoms with E-state index in [9.17, 15) is 4.79 Å². The van der Waals surface area contributed by atoms with E-state index in [1.54, 1.807) is 29.8 Å². The van der Waals surface area contributed by atoms with Gasteiger partial charge in [-0.05, 0) is 29.6 Å². The van der Waals surface area contributed by atoms with E-state index in [1.165, 1.54) is 17.1 Å². The summed E-state index contributed by atoms with van der Waals surface area (Å²) in [5, 5.41) is 9.99. The third-order valence-electron chi connectivity index (χ3n) is 4.71. The van der Waals surface area contributed by atoms with Crippen LogP contribution in [-0.2, 0) is 4.74 Å². The summed E-state index contributed by atoms with van der Waals surface area (Å²) >= 11 is 1.58. The molecule has 1 N–H and O–H groups in total. The molecule has 140 valence electrons. The summed E-state index contributed by atoms with van der Waals surface area (Å²) in [7, 11) is 0. The molecule has 0 saturated carbocycles. The van der Waals surface area contributed by atoms with Crippen LogP contribution in [0.2, 0.25) is 0 Å². The first-order valence-electron chi connectivity index (χ1n) is 8.82. The Bertz CT molecular complexity index is 1180. The van der Waals surface area contributed by atoms with Crippen molar-refractivity contribution < 1.29 is 4.74 Å². The molecular weight excluding hydrogens is 376 g/mol. The second-order valence-corrected chi connectivity index (χ2v) is 7.37. The van der Waals surface area contributed by atoms with Crippen LogP contribution >= 0.6 is 11.3 Å². The van der Waals surface area contributed by atoms with Gasteiger partial charge in [0, 0.05) is 24.0 Å². The minimum Gasteiger partial charge on any atom is -0.377 e. The fourth-order valence-corrected chi connectivity index (χ4v) is 4.12. The van der Waals surface area contributed by atoms with Gasteiger partial charge in [0.25, 0.3) is 5.56 Å². The highest BCUT2D eigenvalue weighted by atomic mass is 32.1. The van der Waals surface area contributed by atoms with Crippen LogP contribution in [0.4, 0.5) is 5.82 Å². The third-order valence-corrected chi connectivity index (χ3v) is 5.62. The molecule has 28 heavy (non-hydrogen) atoms. The Balaban J connectivity index is 1.49. The van der Waals surface area contributed by atoms with Gasteiger partial charge in [-0.2, -0.15) is 5.10 Å². The number of rotatable bonds is 4. The second kappa shape index (κ2) is 7.10. The van der Waals surface area contributed by atoms with E-state index in [0.29, 0.717) is 18.9 Å². The lowest BCUT2D eigenvalue weighted by molar-refractivity contribution is 0.183. The minimum atomic E-state index is -0.242. The number of pyridine rings is 1. The minimum absolute atomic E-state index is 0.130. The van der Waals surface area contributed by atoms with Crippen LogP contribution in [0.15, 0.2) is 59.2 Å². The lowest BCUT2D eigenvalue weighted by Gasteiger charge is -2.21. The highest BCUT2D eigenvalue weighted by Gasteiger charge is 2.32. The lowest BCUT2D eigenvalue weighted by atomic mass is 10.1. The summed E-state index contributed by atoms with van der Waals surface area (Å²) in [6, 6.07) is 8.60. The molecule has 1 aliphatic heterocycles. The molecule has 1 saturated heterocycles. The van der Waals surface area contributed by atoms with Crippen molar-refractivity contribution in [2.24, 2.45) is 0 Å². The van der Waals surface area contributed by atoms with Gasteiger partial charge >= 0.3 is 0 Å². The van der Waals surface area contributed by atoms with Crippen LogP contribution in [-0.4, -0.2) is 44.0 Å². The predicted molar refractivity (Wildman–Crippen MR) is 106 cm³/mol. The van der Waals surface area contributed by atoms with Crippen molar-refractivity contribution in [3.63, 3.8) is 0 Å². The van der Waals surface area contributed by atoms with E-state index in [1.807, 2.05) is 23.6 Å². The second-order valence-electron chi connectivity index (χ2n) is 6.46. The standard InChI is InChI=1S/C19H16N6O2S/c26-17-4-3-13(12-2-1-6-20-8-12)24-25(17)16-10-27-9-15(16)23-19-18-14(5-7-28-18)21-11-22-19/h1-8,11,15-16H,9-10H2,(H,21,22,23). The Labute approximate surface area is 163 Å². The molecule has 0 amide bonds. The van der Waals surface area contributed by atoms with Gasteiger partial charge in [0.15, 0.2) is 0 Å². The van der Waals surface area contributed by atoms with E-state index in [-0.39, 0.29) is 17.6 Å². The first-order valence-corrected chi connectivity index (χ1v) is 9.70. The normalized spacial score (nSPS) is 19.1. The number of thiophene rings is 1. The molecule has 0 aliphatic carbocycles. The van der Waals surface area contributed by atoms with Crippen molar-refractivity contribution in [1.29, 1.82) is 0 Å². The maximum atomic E-state index is 12.5. The van der Waals surface area contributed by atoms with E-state index >= 15 is 0 Å². The van der Waals surface area contributed by atoms with Crippen molar-refractivity contribution in [3.05, 3.63) is 64.8 Å². The molecule has 2 atom stereocenters. The number of fused-ring (bicyclic) bond motifs is 1. The zero-order valence-electron chi connectivity index (χ0n) is 14.7. The number of nitrogens with zero attached hydrogens (tertiary/aromatic N) is 5. The van der Waals surface area contributed by atoms with Gasteiger partial charge < -0.3 is 10.1 Å². The van der Waals surface area contributed by atoms with E-state index in [2.05, 4.69) is 25.4 Å². The van der Waals surface area contributed by atoms with Crippen molar-refractivity contribution in [3.8, 4) is 11.3 Å². The van der Waals surface area contributed by atoms with Gasteiger partial charge in [-0.1, -0.05) is 0 Å². The number of aromatic nitrogens is 5. The highest BCUT2D eigenvalue weighted by Crippen LogP contribution is 2.28. The number of hydrogen-bond donors (Lipinski definition) is 1. The Morgan fingerprint density at radius 1 is 1.18 bits per heavy atom. The maximum absolute atomic E-state index is 12.5. The molecule has 8 nitrogen and oxygen atoms in total. The Morgan fingerprint density at radius 3 is 3.04 bits per heavy atom. The number of anilines is 1. The first-order chi connectivity index (χ1) is 13.8. The molecular formula is C19H16N6O2S. The first kappa shape index (κ1) is 17.0. The van der Waals surface area contributed by atoms with Crippen molar-refractivity contribution in [1.82, 2.24) is 24.7 Å². The zero-order valence-corrected chi connectivity index (χ0v) is 15.5. The summed E-state index contributed by atoms with van der Waals surface area (Å²) in [5.74, 6) is 0.747. The topological polar surface area (TPSA) is 94.8 Å². The summed E-state index contributed by atoms with van der Waals surface area (Å²) in [6.45, 7) is 0.868. The molecule has 0 radical (unpaired) electrons. The highest BCUT2D eigenvalue weighted by molar-refractivity contribution is 7.17. The number of nitrogens with one attached hydrogen (secondary N) is 1. The average Bonchev–Trinajstić information content (AvgIpc) is 3.39. The molecule has 9 heteroatoms. The van der Waals surface area contributed by atoms with Crippen molar-refractivity contribution in [2.75, 3.05) is 18.5 Å². The molecule has 2 unspecified atom stereocenters. The quantitative estimate of drug-likeness (QED) is 0.570. The maximum Gasteiger partial charge on any atom is 0.267 e. The van der Waals surface area contributed by atoms with Crippen LogP contribution in [0, 0.1) is 0 Å². The Morgan fingerprint density at radius 2 is 2.14 bits per heavy atom. The molecule has 5 heterocycles. The van der Waals surface area contributed by atoms with Crippen LogP contribution < -0.4 is 10.9 Å².